The number of benzene rings is 1. The van der Waals surface area contributed by atoms with E-state index in [1.54, 1.807) is 13.8 Å². The number of hydrogen-bond acceptors (Lipinski definition) is 3. The van der Waals surface area contributed by atoms with E-state index in [0.29, 0.717) is 24.1 Å². The highest BCUT2D eigenvalue weighted by atomic mass is 32.2. The Bertz CT molecular complexity index is 519. The maximum atomic E-state index is 13.2. The molecule has 0 bridgehead atoms. The summed E-state index contributed by atoms with van der Waals surface area (Å²) in [6.45, 7) is 5.39. The van der Waals surface area contributed by atoms with Crippen molar-refractivity contribution in [2.24, 2.45) is 5.73 Å². The molecule has 1 unspecified atom stereocenters. The van der Waals surface area contributed by atoms with Crippen molar-refractivity contribution < 1.29 is 12.8 Å². The first kappa shape index (κ1) is 16.1. The lowest BCUT2D eigenvalue weighted by Crippen LogP contribution is -2.27. The van der Waals surface area contributed by atoms with Crippen LogP contribution in [0.5, 0.6) is 0 Å². The molecule has 0 amide bonds. The highest BCUT2D eigenvalue weighted by Gasteiger charge is 2.19. The van der Waals surface area contributed by atoms with Crippen LogP contribution in [0, 0.1) is 19.7 Å². The second-order valence-electron chi connectivity index (χ2n) is 4.89. The lowest BCUT2D eigenvalue weighted by molar-refractivity contribution is 0.566. The Morgan fingerprint density at radius 2 is 1.84 bits per heavy atom. The molecule has 3 N–H and O–H groups in total. The van der Waals surface area contributed by atoms with Crippen molar-refractivity contribution in [3.8, 4) is 0 Å². The number of nitrogens with two attached hydrogens (primary N) is 1. The highest BCUT2D eigenvalue weighted by Crippen LogP contribution is 2.21. The van der Waals surface area contributed by atoms with Crippen molar-refractivity contribution in [2.45, 2.75) is 44.6 Å². The molecule has 0 aliphatic heterocycles. The molecule has 0 fully saturated rings. The van der Waals surface area contributed by atoms with Crippen molar-refractivity contribution >= 4 is 10.0 Å². The van der Waals surface area contributed by atoms with Crippen LogP contribution in [0.25, 0.3) is 0 Å². The number of halogens is 1. The van der Waals surface area contributed by atoms with Gasteiger partial charge in [-0.1, -0.05) is 0 Å². The Morgan fingerprint density at radius 3 is 2.32 bits per heavy atom. The maximum absolute atomic E-state index is 13.2. The van der Waals surface area contributed by atoms with E-state index in [-0.39, 0.29) is 10.9 Å². The third kappa shape index (κ3) is 4.56. The molecule has 1 aromatic carbocycles. The van der Waals surface area contributed by atoms with Gasteiger partial charge in [-0.05, 0) is 56.9 Å². The Balaban J connectivity index is 2.84. The number of aryl methyl sites for hydroxylation is 2. The van der Waals surface area contributed by atoms with Gasteiger partial charge in [0, 0.05) is 12.6 Å². The molecule has 0 spiro atoms. The summed E-state index contributed by atoms with van der Waals surface area (Å²) < 4.78 is 40.0. The molecule has 1 aromatic rings. The molecule has 0 aliphatic rings. The van der Waals surface area contributed by atoms with Gasteiger partial charge in [-0.2, -0.15) is 0 Å². The fourth-order valence-corrected chi connectivity index (χ4v) is 3.55. The first-order chi connectivity index (χ1) is 8.74. The minimum Gasteiger partial charge on any atom is -0.328 e. The van der Waals surface area contributed by atoms with E-state index < -0.39 is 15.8 Å². The summed E-state index contributed by atoms with van der Waals surface area (Å²) in [5, 5.41) is 0. The van der Waals surface area contributed by atoms with Gasteiger partial charge in [0.1, 0.15) is 5.82 Å². The molecule has 0 aromatic heterocycles. The van der Waals surface area contributed by atoms with E-state index >= 15 is 0 Å². The number of nitrogens with one attached hydrogen (secondary N) is 1. The molecule has 6 heteroatoms. The minimum absolute atomic E-state index is 0.0544. The predicted molar refractivity (Wildman–Crippen MR) is 73.9 cm³/mol. The van der Waals surface area contributed by atoms with Crippen molar-refractivity contribution in [1.82, 2.24) is 4.72 Å². The fourth-order valence-electron chi connectivity index (χ4n) is 2.02. The van der Waals surface area contributed by atoms with Crippen LogP contribution in [0.1, 0.15) is 30.9 Å². The third-order valence-electron chi connectivity index (χ3n) is 2.82. The van der Waals surface area contributed by atoms with Crippen LogP contribution >= 0.6 is 0 Å². The van der Waals surface area contributed by atoms with Crippen LogP contribution in [0.3, 0.4) is 0 Å². The molecule has 1 rings (SSSR count). The second kappa shape index (κ2) is 6.45. The summed E-state index contributed by atoms with van der Waals surface area (Å²) in [5.74, 6) is -0.425. The summed E-state index contributed by atoms with van der Waals surface area (Å²) in [6.07, 6.45) is 1.43. The van der Waals surface area contributed by atoms with Gasteiger partial charge >= 0.3 is 0 Å². The number of rotatable bonds is 6. The topological polar surface area (TPSA) is 72.2 Å². The molecule has 4 nitrogen and oxygen atoms in total. The van der Waals surface area contributed by atoms with Crippen LogP contribution < -0.4 is 10.5 Å². The standard InChI is InChI=1S/C13H21FN2O2S/c1-9-7-12(14)8-10(2)13(9)19(17,18)16-6-4-5-11(3)15/h7-8,11,16H,4-6,15H2,1-3H3. The van der Waals surface area contributed by atoms with Crippen molar-refractivity contribution in [3.63, 3.8) is 0 Å². The molecule has 108 valence electrons. The normalized spacial score (nSPS) is 13.5. The molecule has 0 saturated carbocycles. The smallest absolute Gasteiger partial charge is 0.241 e. The van der Waals surface area contributed by atoms with Crippen molar-refractivity contribution in [3.05, 3.63) is 29.1 Å². The van der Waals surface area contributed by atoms with Gasteiger partial charge in [0.25, 0.3) is 0 Å². The zero-order valence-electron chi connectivity index (χ0n) is 11.5. The van der Waals surface area contributed by atoms with Crippen LogP contribution in [-0.2, 0) is 10.0 Å². The predicted octanol–water partition coefficient (Wildman–Crippen LogP) is 1.85. The van der Waals surface area contributed by atoms with Gasteiger partial charge in [-0.15, -0.1) is 0 Å². The largest absolute Gasteiger partial charge is 0.328 e. The second-order valence-corrected chi connectivity index (χ2v) is 6.59. The molecule has 19 heavy (non-hydrogen) atoms. The molecule has 0 heterocycles. The Kier molecular flexibility index (Phi) is 5.46. The van der Waals surface area contributed by atoms with Crippen molar-refractivity contribution in [1.29, 1.82) is 0 Å². The van der Waals surface area contributed by atoms with Gasteiger partial charge in [0.05, 0.1) is 4.90 Å². The van der Waals surface area contributed by atoms with Gasteiger partial charge in [-0.3, -0.25) is 0 Å². The maximum Gasteiger partial charge on any atom is 0.241 e. The zero-order chi connectivity index (χ0) is 14.6. The summed E-state index contributed by atoms with van der Waals surface area (Å²) in [6, 6.07) is 2.51. The van der Waals surface area contributed by atoms with Crippen LogP contribution in [0.15, 0.2) is 17.0 Å². The van der Waals surface area contributed by atoms with Crippen molar-refractivity contribution in [2.75, 3.05) is 6.54 Å². The molecular weight excluding hydrogens is 267 g/mol. The lowest BCUT2D eigenvalue weighted by Gasteiger charge is -2.12. The summed E-state index contributed by atoms with van der Waals surface area (Å²) >= 11 is 0. The average molecular weight is 288 g/mol. The van der Waals surface area contributed by atoms with E-state index in [9.17, 15) is 12.8 Å². The van der Waals surface area contributed by atoms with Crippen LogP contribution in [0.2, 0.25) is 0 Å². The molecular formula is C13H21FN2O2S. The SMILES string of the molecule is Cc1cc(F)cc(C)c1S(=O)(=O)NCCCC(C)N. The van der Waals surface area contributed by atoms with E-state index in [4.69, 9.17) is 5.73 Å². The summed E-state index contributed by atoms with van der Waals surface area (Å²) in [4.78, 5) is 0.162. The van der Waals surface area contributed by atoms with E-state index in [1.807, 2.05) is 6.92 Å². The quantitative estimate of drug-likeness (QED) is 0.785. The third-order valence-corrected chi connectivity index (χ3v) is 4.59. The first-order valence-corrected chi connectivity index (χ1v) is 7.74. The van der Waals surface area contributed by atoms with Gasteiger partial charge in [0.2, 0.25) is 10.0 Å². The first-order valence-electron chi connectivity index (χ1n) is 6.26. The van der Waals surface area contributed by atoms with E-state index in [2.05, 4.69) is 4.72 Å². The van der Waals surface area contributed by atoms with Crippen LogP contribution in [0.4, 0.5) is 4.39 Å². The van der Waals surface area contributed by atoms with E-state index in [0.717, 1.165) is 6.42 Å². The number of hydrogen-bond donors (Lipinski definition) is 2. The van der Waals surface area contributed by atoms with Gasteiger partial charge in [0.15, 0.2) is 0 Å². The minimum atomic E-state index is -3.59. The van der Waals surface area contributed by atoms with E-state index in [1.165, 1.54) is 12.1 Å². The summed E-state index contributed by atoms with van der Waals surface area (Å²) in [7, 11) is -3.59. The van der Waals surface area contributed by atoms with Gasteiger partial charge < -0.3 is 5.73 Å². The Hall–Kier alpha value is -0.980. The fraction of sp³-hybridized carbons (Fsp3) is 0.538. The molecule has 1 atom stereocenters. The van der Waals surface area contributed by atoms with Crippen LogP contribution in [-0.4, -0.2) is 21.0 Å². The number of sulfonamides is 1. The summed E-state index contributed by atoms with van der Waals surface area (Å²) in [5.41, 5.74) is 6.43. The molecule has 0 saturated heterocycles. The Labute approximate surface area is 114 Å². The molecule has 0 radical (unpaired) electrons. The zero-order valence-corrected chi connectivity index (χ0v) is 12.3. The molecule has 0 aliphatic carbocycles. The Morgan fingerprint density at radius 1 is 1.32 bits per heavy atom. The highest BCUT2D eigenvalue weighted by molar-refractivity contribution is 7.89. The average Bonchev–Trinajstić information content (AvgIpc) is 2.22. The van der Waals surface area contributed by atoms with Gasteiger partial charge in [-0.25, -0.2) is 17.5 Å². The monoisotopic (exact) mass is 288 g/mol. The lowest BCUT2D eigenvalue weighted by atomic mass is 10.1.